The minimum Gasteiger partial charge on any atom is -0.387 e. The lowest BCUT2D eigenvalue weighted by Crippen LogP contribution is -2.40. The molecule has 0 aliphatic rings. The van der Waals surface area contributed by atoms with Gasteiger partial charge in [-0.05, 0) is 31.5 Å². The van der Waals surface area contributed by atoms with Crippen molar-refractivity contribution in [3.8, 4) is 18.4 Å². The standard InChI is InChI=1S/C14H16N2O/c1-4-14(2,3)16-10-13(17)12-7-5-11(9-15)6-8-12/h1,5-8,13,16-17H,10H2,2-3H3. The zero-order valence-electron chi connectivity index (χ0n) is 10.1. The summed E-state index contributed by atoms with van der Waals surface area (Å²) >= 11 is 0. The molecule has 1 unspecified atom stereocenters. The van der Waals surface area contributed by atoms with Gasteiger partial charge in [0.1, 0.15) is 0 Å². The van der Waals surface area contributed by atoms with E-state index in [1.165, 1.54) is 0 Å². The minimum atomic E-state index is -0.629. The van der Waals surface area contributed by atoms with E-state index in [-0.39, 0.29) is 0 Å². The molecule has 17 heavy (non-hydrogen) atoms. The molecular formula is C14H16N2O. The van der Waals surface area contributed by atoms with Crippen molar-refractivity contribution < 1.29 is 5.11 Å². The van der Waals surface area contributed by atoms with Crippen molar-refractivity contribution in [2.75, 3.05) is 6.54 Å². The van der Waals surface area contributed by atoms with Crippen molar-refractivity contribution in [1.82, 2.24) is 5.32 Å². The van der Waals surface area contributed by atoms with Crippen LogP contribution in [0.25, 0.3) is 0 Å². The first-order valence-electron chi connectivity index (χ1n) is 5.39. The molecule has 0 heterocycles. The minimum absolute atomic E-state index is 0.378. The average molecular weight is 228 g/mol. The maximum absolute atomic E-state index is 9.93. The van der Waals surface area contributed by atoms with Gasteiger partial charge in [0.25, 0.3) is 0 Å². The summed E-state index contributed by atoms with van der Waals surface area (Å²) in [4.78, 5) is 0. The molecule has 1 rings (SSSR count). The molecule has 0 radical (unpaired) electrons. The second-order valence-corrected chi connectivity index (χ2v) is 4.40. The number of benzene rings is 1. The molecule has 0 aliphatic heterocycles. The molecule has 1 aromatic rings. The van der Waals surface area contributed by atoms with Crippen molar-refractivity contribution in [2.45, 2.75) is 25.5 Å². The number of nitriles is 1. The Morgan fingerprint density at radius 1 is 1.41 bits per heavy atom. The molecule has 0 saturated heterocycles. The van der Waals surface area contributed by atoms with Crippen molar-refractivity contribution in [3.05, 3.63) is 35.4 Å². The van der Waals surface area contributed by atoms with Crippen LogP contribution in [-0.4, -0.2) is 17.2 Å². The molecule has 0 fully saturated rings. The summed E-state index contributed by atoms with van der Waals surface area (Å²) in [5.41, 5.74) is 0.912. The highest BCUT2D eigenvalue weighted by atomic mass is 16.3. The van der Waals surface area contributed by atoms with Crippen molar-refractivity contribution >= 4 is 0 Å². The van der Waals surface area contributed by atoms with Crippen molar-refractivity contribution in [2.24, 2.45) is 0 Å². The molecule has 0 aliphatic carbocycles. The van der Waals surface area contributed by atoms with Crippen LogP contribution in [0, 0.1) is 23.7 Å². The molecular weight excluding hydrogens is 212 g/mol. The number of nitrogens with one attached hydrogen (secondary N) is 1. The molecule has 0 spiro atoms. The lowest BCUT2D eigenvalue weighted by atomic mass is 10.0. The maximum Gasteiger partial charge on any atom is 0.0991 e. The molecule has 0 bridgehead atoms. The second-order valence-electron chi connectivity index (χ2n) is 4.40. The number of aliphatic hydroxyl groups excluding tert-OH is 1. The lowest BCUT2D eigenvalue weighted by molar-refractivity contribution is 0.167. The fraction of sp³-hybridized carbons (Fsp3) is 0.357. The number of hydrogen-bond acceptors (Lipinski definition) is 3. The topological polar surface area (TPSA) is 56.0 Å². The molecule has 1 atom stereocenters. The molecule has 0 aromatic heterocycles. The van der Waals surface area contributed by atoms with Gasteiger partial charge in [0.05, 0.1) is 23.3 Å². The van der Waals surface area contributed by atoms with E-state index in [0.29, 0.717) is 12.1 Å². The maximum atomic E-state index is 9.93. The van der Waals surface area contributed by atoms with Crippen LogP contribution < -0.4 is 5.32 Å². The van der Waals surface area contributed by atoms with Crippen LogP contribution in [0.5, 0.6) is 0 Å². The van der Waals surface area contributed by atoms with E-state index in [4.69, 9.17) is 11.7 Å². The fourth-order valence-electron chi connectivity index (χ4n) is 1.30. The van der Waals surface area contributed by atoms with E-state index in [1.54, 1.807) is 24.3 Å². The summed E-state index contributed by atoms with van der Waals surface area (Å²) < 4.78 is 0. The third-order valence-corrected chi connectivity index (χ3v) is 2.52. The zero-order chi connectivity index (χ0) is 12.9. The predicted molar refractivity (Wildman–Crippen MR) is 67.0 cm³/mol. The summed E-state index contributed by atoms with van der Waals surface area (Å²) in [5.74, 6) is 2.60. The van der Waals surface area contributed by atoms with Crippen LogP contribution in [0.4, 0.5) is 0 Å². The Labute approximate surface area is 102 Å². The van der Waals surface area contributed by atoms with E-state index in [2.05, 4.69) is 11.2 Å². The molecule has 0 saturated carbocycles. The molecule has 88 valence electrons. The normalized spacial score (nSPS) is 12.5. The van der Waals surface area contributed by atoms with Gasteiger partial charge in [-0.2, -0.15) is 5.26 Å². The zero-order valence-corrected chi connectivity index (χ0v) is 10.1. The van der Waals surface area contributed by atoms with Gasteiger partial charge in [-0.1, -0.05) is 18.1 Å². The Morgan fingerprint density at radius 3 is 2.47 bits per heavy atom. The Hall–Kier alpha value is -1.81. The van der Waals surface area contributed by atoms with Gasteiger partial charge in [0, 0.05) is 6.54 Å². The third kappa shape index (κ3) is 3.92. The average Bonchev–Trinajstić information content (AvgIpc) is 2.36. The Morgan fingerprint density at radius 2 is 2.00 bits per heavy atom. The SMILES string of the molecule is C#CC(C)(C)NCC(O)c1ccc(C#N)cc1. The van der Waals surface area contributed by atoms with E-state index >= 15 is 0 Å². The molecule has 2 N–H and O–H groups in total. The van der Waals surface area contributed by atoms with Crippen LogP contribution in [0.1, 0.15) is 31.1 Å². The first kappa shape index (κ1) is 13.3. The van der Waals surface area contributed by atoms with E-state index < -0.39 is 11.6 Å². The van der Waals surface area contributed by atoms with Crippen LogP contribution in [0.15, 0.2) is 24.3 Å². The Kier molecular flexibility index (Phi) is 4.29. The molecule has 3 heteroatoms. The van der Waals surface area contributed by atoms with Gasteiger partial charge >= 0.3 is 0 Å². The van der Waals surface area contributed by atoms with Crippen molar-refractivity contribution in [1.29, 1.82) is 5.26 Å². The second kappa shape index (κ2) is 5.50. The van der Waals surface area contributed by atoms with Crippen LogP contribution in [-0.2, 0) is 0 Å². The number of hydrogen-bond donors (Lipinski definition) is 2. The number of nitrogens with zero attached hydrogens (tertiary/aromatic N) is 1. The number of β-amino-alcohol motifs (C(OH)–C–C–N with tert-alkyl or cyclic N) is 1. The first-order chi connectivity index (χ1) is 7.98. The quantitative estimate of drug-likeness (QED) is 0.769. The smallest absolute Gasteiger partial charge is 0.0991 e. The van der Waals surface area contributed by atoms with Gasteiger partial charge in [-0.3, -0.25) is 5.32 Å². The van der Waals surface area contributed by atoms with Crippen molar-refractivity contribution in [3.63, 3.8) is 0 Å². The number of rotatable bonds is 4. The summed E-state index contributed by atoms with van der Waals surface area (Å²) in [7, 11) is 0. The van der Waals surface area contributed by atoms with E-state index in [1.807, 2.05) is 19.9 Å². The lowest BCUT2D eigenvalue weighted by Gasteiger charge is -2.22. The van der Waals surface area contributed by atoms with Crippen LogP contribution in [0.3, 0.4) is 0 Å². The van der Waals surface area contributed by atoms with Gasteiger partial charge < -0.3 is 5.11 Å². The monoisotopic (exact) mass is 228 g/mol. The van der Waals surface area contributed by atoms with Gasteiger partial charge in [0.2, 0.25) is 0 Å². The highest BCUT2D eigenvalue weighted by Crippen LogP contribution is 2.13. The number of aliphatic hydroxyl groups is 1. The predicted octanol–water partition coefficient (Wildman–Crippen LogP) is 1.59. The summed E-state index contributed by atoms with van der Waals surface area (Å²) in [6.45, 7) is 4.13. The third-order valence-electron chi connectivity index (χ3n) is 2.52. The van der Waals surface area contributed by atoms with Crippen LogP contribution in [0.2, 0.25) is 0 Å². The highest BCUT2D eigenvalue weighted by molar-refractivity contribution is 5.32. The highest BCUT2D eigenvalue weighted by Gasteiger charge is 2.15. The molecule has 0 amide bonds. The van der Waals surface area contributed by atoms with Gasteiger partial charge in [-0.15, -0.1) is 6.42 Å². The van der Waals surface area contributed by atoms with E-state index in [9.17, 15) is 5.11 Å². The van der Waals surface area contributed by atoms with Gasteiger partial charge in [0.15, 0.2) is 0 Å². The largest absolute Gasteiger partial charge is 0.387 e. The summed E-state index contributed by atoms with van der Waals surface area (Å²) in [6.07, 6.45) is 4.71. The fourth-order valence-corrected chi connectivity index (χ4v) is 1.30. The van der Waals surface area contributed by atoms with E-state index in [0.717, 1.165) is 5.56 Å². The first-order valence-corrected chi connectivity index (χ1v) is 5.39. The molecule has 3 nitrogen and oxygen atoms in total. The Bertz CT molecular complexity index is 449. The number of terminal acetylenes is 1. The summed E-state index contributed by atoms with van der Waals surface area (Å²) in [5, 5.41) is 21.7. The Balaban J connectivity index is 2.62. The van der Waals surface area contributed by atoms with Crippen LogP contribution >= 0.6 is 0 Å². The summed E-state index contributed by atoms with van der Waals surface area (Å²) in [6, 6.07) is 8.89. The molecule has 1 aromatic carbocycles. The van der Waals surface area contributed by atoms with Gasteiger partial charge in [-0.25, -0.2) is 0 Å².